The van der Waals surface area contributed by atoms with E-state index < -0.39 is 14.1 Å². The summed E-state index contributed by atoms with van der Waals surface area (Å²) >= 11 is 1.75. The van der Waals surface area contributed by atoms with Gasteiger partial charge in [-0.05, 0) is 32.0 Å². The number of esters is 1. The fourth-order valence-corrected chi connectivity index (χ4v) is 5.89. The molecule has 1 unspecified atom stereocenters. The molecule has 0 radical (unpaired) electrons. The third-order valence-corrected chi connectivity index (χ3v) is 11.0. The Bertz CT molecular complexity index is 420. The van der Waals surface area contributed by atoms with E-state index in [0.717, 1.165) is 0 Å². The molecule has 122 valence electrons. The fourth-order valence-electron chi connectivity index (χ4n) is 2.78. The van der Waals surface area contributed by atoms with Crippen LogP contribution in [0.3, 0.4) is 0 Å². The van der Waals surface area contributed by atoms with Crippen LogP contribution in [-0.2, 0) is 18.7 Å². The number of hydrogen-bond donors (Lipinski definition) is 0. The molecule has 0 N–H and O–H groups in total. The van der Waals surface area contributed by atoms with Gasteiger partial charge in [-0.2, -0.15) is 0 Å². The van der Waals surface area contributed by atoms with Gasteiger partial charge in [0.15, 0.2) is 14.1 Å². The third kappa shape index (κ3) is 2.92. The number of thioether (sulfide) groups is 1. The third-order valence-electron chi connectivity index (χ3n) is 4.92. The van der Waals surface area contributed by atoms with Crippen LogP contribution >= 0.6 is 11.8 Å². The van der Waals surface area contributed by atoms with Gasteiger partial charge >= 0.3 is 5.97 Å². The van der Waals surface area contributed by atoms with Gasteiger partial charge in [0, 0.05) is 12.4 Å². The van der Waals surface area contributed by atoms with Gasteiger partial charge in [0.1, 0.15) is 12.0 Å². The number of carbonyl (C=O) groups is 1. The summed E-state index contributed by atoms with van der Waals surface area (Å²) in [6.07, 6.45) is -0.0575. The van der Waals surface area contributed by atoms with Gasteiger partial charge in [-0.25, -0.2) is 0 Å². The summed E-state index contributed by atoms with van der Waals surface area (Å²) in [5.41, 5.74) is 0. The second kappa shape index (κ2) is 5.55. The highest BCUT2D eigenvalue weighted by atomic mass is 32.2. The summed E-state index contributed by atoms with van der Waals surface area (Å²) in [4.78, 5) is 12.3. The van der Waals surface area contributed by atoms with Gasteiger partial charge in [0.25, 0.3) is 0 Å². The van der Waals surface area contributed by atoms with E-state index in [4.69, 9.17) is 13.9 Å². The van der Waals surface area contributed by atoms with Gasteiger partial charge in [0.05, 0.1) is 5.25 Å². The Hall–Kier alpha value is -0.0431. The Morgan fingerprint density at radius 2 is 2.05 bits per heavy atom. The predicted octanol–water partition coefficient (Wildman–Crippen LogP) is 3.42. The monoisotopic (exact) mass is 332 g/mol. The number of fused-ring (bicyclic) bond motifs is 1. The zero-order chi connectivity index (χ0) is 16.1. The fraction of sp³-hybridized carbons (Fsp3) is 0.933. The highest BCUT2D eigenvalue weighted by Gasteiger charge is 2.63. The number of carbonyl (C=O) groups excluding carboxylic acids is 1. The smallest absolute Gasteiger partial charge is 0.316 e. The average molecular weight is 333 g/mol. The highest BCUT2D eigenvalue weighted by Crippen LogP contribution is 2.52. The first kappa shape index (κ1) is 17.3. The first-order valence-corrected chi connectivity index (χ1v) is 11.7. The summed E-state index contributed by atoms with van der Waals surface area (Å²) in [5.74, 6) is -0.562. The largest absolute Gasteiger partial charge is 0.461 e. The van der Waals surface area contributed by atoms with Crippen molar-refractivity contribution in [1.29, 1.82) is 0 Å². The van der Waals surface area contributed by atoms with Crippen molar-refractivity contribution in [3.05, 3.63) is 0 Å². The first-order chi connectivity index (χ1) is 9.54. The van der Waals surface area contributed by atoms with E-state index in [0.29, 0.717) is 12.4 Å². The lowest BCUT2D eigenvalue weighted by Crippen LogP contribution is -2.56. The molecule has 0 saturated carbocycles. The maximum atomic E-state index is 12.3. The van der Waals surface area contributed by atoms with Crippen LogP contribution in [0, 0.1) is 5.92 Å². The van der Waals surface area contributed by atoms with E-state index in [-0.39, 0.29) is 28.3 Å². The Morgan fingerprint density at radius 3 is 2.57 bits per heavy atom. The molecule has 2 rings (SSSR count). The number of cyclic esters (lactones) is 1. The molecule has 6 heteroatoms. The minimum Gasteiger partial charge on any atom is -0.461 e. The molecule has 2 heterocycles. The van der Waals surface area contributed by atoms with Crippen molar-refractivity contribution < 1.29 is 18.7 Å². The molecule has 4 nitrogen and oxygen atoms in total. The molecule has 0 aliphatic carbocycles. The van der Waals surface area contributed by atoms with Crippen molar-refractivity contribution in [2.75, 3.05) is 12.4 Å². The maximum absolute atomic E-state index is 12.3. The Morgan fingerprint density at radius 1 is 1.43 bits per heavy atom. The van der Waals surface area contributed by atoms with Crippen molar-refractivity contribution in [3.63, 3.8) is 0 Å². The van der Waals surface area contributed by atoms with Crippen LogP contribution in [0.2, 0.25) is 18.1 Å². The quantitative estimate of drug-likeness (QED) is 0.448. The molecule has 4 atom stereocenters. The van der Waals surface area contributed by atoms with Crippen molar-refractivity contribution in [2.24, 2.45) is 5.92 Å². The number of rotatable bonds is 4. The predicted molar refractivity (Wildman–Crippen MR) is 87.9 cm³/mol. The lowest BCUT2D eigenvalue weighted by Gasteiger charge is -2.44. The van der Waals surface area contributed by atoms with Crippen molar-refractivity contribution in [1.82, 2.24) is 0 Å². The van der Waals surface area contributed by atoms with E-state index in [9.17, 15) is 4.79 Å². The van der Waals surface area contributed by atoms with Crippen LogP contribution in [0.5, 0.6) is 0 Å². The number of hydrogen-bond acceptors (Lipinski definition) is 5. The summed E-state index contributed by atoms with van der Waals surface area (Å²) in [6, 6.07) is 0. The van der Waals surface area contributed by atoms with E-state index in [2.05, 4.69) is 33.9 Å². The van der Waals surface area contributed by atoms with Gasteiger partial charge < -0.3 is 13.9 Å². The molecule has 0 amide bonds. The van der Waals surface area contributed by atoms with Crippen LogP contribution in [-0.4, -0.2) is 43.8 Å². The Kier molecular flexibility index (Phi) is 4.57. The van der Waals surface area contributed by atoms with Gasteiger partial charge in [-0.1, -0.05) is 20.8 Å². The summed E-state index contributed by atoms with van der Waals surface area (Å²) in [5, 5.41) is 0.224. The second-order valence-corrected chi connectivity index (χ2v) is 13.4. The van der Waals surface area contributed by atoms with Crippen LogP contribution in [0.4, 0.5) is 0 Å². The zero-order valence-corrected chi connectivity index (χ0v) is 16.0. The second-order valence-electron chi connectivity index (χ2n) is 7.50. The molecule has 2 aliphatic rings. The van der Waals surface area contributed by atoms with Crippen molar-refractivity contribution >= 4 is 26.0 Å². The molecule has 0 spiro atoms. The molecule has 21 heavy (non-hydrogen) atoms. The molecule has 2 saturated heterocycles. The first-order valence-electron chi connectivity index (χ1n) is 7.70. The van der Waals surface area contributed by atoms with Gasteiger partial charge in [-0.3, -0.25) is 4.79 Å². The summed E-state index contributed by atoms with van der Waals surface area (Å²) in [7, 11) is -2.04. The Labute approximate surface area is 133 Å². The summed E-state index contributed by atoms with van der Waals surface area (Å²) in [6.45, 7) is 15.5. The standard InChI is InChI=1S/C15H28O4SSi/c1-8-17-15(19-21(6,7)14(3,4)5)9-20-12-10(2)18-13(16)11(12)15/h10-12H,8-9H2,1-7H3/t10-,11-,12-,15?/m1/s1. The van der Waals surface area contributed by atoms with Gasteiger partial charge in [-0.15, -0.1) is 11.8 Å². The average Bonchev–Trinajstić information content (AvgIpc) is 2.79. The van der Waals surface area contributed by atoms with E-state index >= 15 is 0 Å². The lowest BCUT2D eigenvalue weighted by molar-refractivity contribution is -0.203. The molecule has 0 aromatic heterocycles. The van der Waals surface area contributed by atoms with Crippen LogP contribution in [0.15, 0.2) is 0 Å². The van der Waals surface area contributed by atoms with E-state index in [1.54, 1.807) is 11.8 Å². The molecule has 2 aliphatic heterocycles. The molecular weight excluding hydrogens is 304 g/mol. The minimum atomic E-state index is -2.04. The minimum absolute atomic E-state index is 0.0575. The van der Waals surface area contributed by atoms with Crippen molar-refractivity contribution in [2.45, 2.75) is 69.9 Å². The SMILES string of the molecule is CCOC1(O[Si](C)(C)C(C)(C)C)CS[C@@H]2[C@@H](C)OC(=O)[C@@H]21. The highest BCUT2D eigenvalue weighted by molar-refractivity contribution is 8.00. The van der Waals surface area contributed by atoms with Crippen LogP contribution < -0.4 is 0 Å². The van der Waals surface area contributed by atoms with Gasteiger partial charge in [0.2, 0.25) is 0 Å². The Balaban J connectivity index is 2.32. The van der Waals surface area contributed by atoms with Crippen LogP contribution in [0.1, 0.15) is 34.6 Å². The lowest BCUT2D eigenvalue weighted by atomic mass is 9.96. The molecule has 0 aromatic rings. The molecule has 0 aromatic carbocycles. The molecule has 2 fully saturated rings. The van der Waals surface area contributed by atoms with Crippen molar-refractivity contribution in [3.8, 4) is 0 Å². The van der Waals surface area contributed by atoms with E-state index in [1.165, 1.54) is 0 Å². The normalized spacial score (nSPS) is 36.7. The molecular formula is C15H28O4SSi. The maximum Gasteiger partial charge on any atom is 0.316 e. The zero-order valence-electron chi connectivity index (χ0n) is 14.2. The topological polar surface area (TPSA) is 44.8 Å². The summed E-state index contributed by atoms with van der Waals surface area (Å²) < 4.78 is 18.1. The van der Waals surface area contributed by atoms with E-state index in [1.807, 2.05) is 13.8 Å². The molecule has 0 bridgehead atoms. The number of ether oxygens (including phenoxy) is 2. The van der Waals surface area contributed by atoms with Crippen LogP contribution in [0.25, 0.3) is 0 Å².